The zero-order chi connectivity index (χ0) is 13.8. The molecule has 20 heavy (non-hydrogen) atoms. The first kappa shape index (κ1) is 13.1. The van der Waals surface area contributed by atoms with Crippen molar-refractivity contribution in [3.05, 3.63) is 47.5 Å². The number of nitrogens with zero attached hydrogens (tertiary/aromatic N) is 3. The van der Waals surface area contributed by atoms with Crippen LogP contribution in [0, 0.1) is 0 Å². The predicted molar refractivity (Wildman–Crippen MR) is 80.5 cm³/mol. The second-order valence-corrected chi connectivity index (χ2v) is 5.58. The molecule has 0 atom stereocenters. The van der Waals surface area contributed by atoms with Crippen LogP contribution in [0.25, 0.3) is 10.6 Å². The van der Waals surface area contributed by atoms with E-state index in [9.17, 15) is 0 Å². The molecule has 104 valence electrons. The molecule has 0 aliphatic heterocycles. The Morgan fingerprint density at radius 2 is 2.40 bits per heavy atom. The maximum absolute atomic E-state index is 4.31. The molecule has 0 saturated carbocycles. The highest BCUT2D eigenvalue weighted by molar-refractivity contribution is 7.13. The molecule has 0 bridgehead atoms. The molecular weight excluding hydrogens is 270 g/mol. The first-order chi connectivity index (χ1) is 9.84. The van der Waals surface area contributed by atoms with Crippen molar-refractivity contribution in [3.8, 4) is 10.6 Å². The third-order valence-electron chi connectivity index (χ3n) is 3.25. The van der Waals surface area contributed by atoms with Crippen LogP contribution in [0.5, 0.6) is 0 Å². The Morgan fingerprint density at radius 3 is 3.15 bits per heavy atom. The van der Waals surface area contributed by atoms with Crippen LogP contribution in [0.2, 0.25) is 0 Å². The molecule has 0 amide bonds. The monoisotopic (exact) mass is 287 g/mol. The van der Waals surface area contributed by atoms with E-state index >= 15 is 0 Å². The fraction of sp³-hybridized carbons (Fsp3) is 0.286. The Hall–Kier alpha value is -1.92. The van der Waals surface area contributed by atoms with E-state index in [0.29, 0.717) is 0 Å². The number of thiophene rings is 1. The van der Waals surface area contributed by atoms with E-state index in [1.54, 1.807) is 11.3 Å². The predicted octanol–water partition coefficient (Wildman–Crippen LogP) is 2.20. The van der Waals surface area contributed by atoms with Crippen LogP contribution in [0.4, 0.5) is 0 Å². The normalized spacial score (nSPS) is 11.1. The highest BCUT2D eigenvalue weighted by Gasteiger charge is 2.08. The Bertz CT molecular complexity index is 653. The molecule has 0 aliphatic carbocycles. The van der Waals surface area contributed by atoms with Crippen molar-refractivity contribution in [3.63, 3.8) is 0 Å². The smallest absolute Gasteiger partial charge is 0.109 e. The quantitative estimate of drug-likeness (QED) is 0.683. The lowest BCUT2D eigenvalue weighted by atomic mass is 10.2. The molecule has 0 aromatic carbocycles. The molecule has 0 fully saturated rings. The summed E-state index contributed by atoms with van der Waals surface area (Å²) in [6.45, 7) is 1.72. The van der Waals surface area contributed by atoms with Crippen LogP contribution in [-0.2, 0) is 20.0 Å². The summed E-state index contributed by atoms with van der Waals surface area (Å²) in [6.07, 6.45) is 6.62. The lowest BCUT2D eigenvalue weighted by Gasteiger charge is -2.05. The number of nitrogens with one attached hydrogen (secondary N) is 2. The van der Waals surface area contributed by atoms with E-state index in [2.05, 4.69) is 42.6 Å². The van der Waals surface area contributed by atoms with E-state index in [-0.39, 0.29) is 0 Å². The van der Waals surface area contributed by atoms with Gasteiger partial charge in [0.2, 0.25) is 0 Å². The summed E-state index contributed by atoms with van der Waals surface area (Å²) in [7, 11) is 2.02. The Kier molecular flexibility index (Phi) is 3.94. The van der Waals surface area contributed by atoms with Gasteiger partial charge in [0, 0.05) is 44.5 Å². The number of aromatic amines is 1. The second-order valence-electron chi connectivity index (χ2n) is 4.63. The fourth-order valence-corrected chi connectivity index (χ4v) is 2.90. The van der Waals surface area contributed by atoms with E-state index in [1.165, 1.54) is 10.4 Å². The van der Waals surface area contributed by atoms with Gasteiger partial charge in [0.1, 0.15) is 5.82 Å². The Morgan fingerprint density at radius 1 is 1.45 bits per heavy atom. The lowest BCUT2D eigenvalue weighted by molar-refractivity contribution is 0.655. The molecule has 6 heteroatoms. The second kappa shape index (κ2) is 6.02. The lowest BCUT2D eigenvalue weighted by Crippen LogP contribution is -2.18. The standard InChI is InChI=1S/C14H17N5S/c1-19-7-6-16-13(19)4-5-15-9-11-10-17-18-14(11)12-3-2-8-20-12/h2-3,6-8,10,15H,4-5,9H2,1H3,(H,17,18). The van der Waals surface area contributed by atoms with Crippen molar-refractivity contribution in [2.45, 2.75) is 13.0 Å². The maximum Gasteiger partial charge on any atom is 0.109 e. The van der Waals surface area contributed by atoms with E-state index in [1.807, 2.05) is 25.6 Å². The first-order valence-electron chi connectivity index (χ1n) is 6.57. The summed E-state index contributed by atoms with van der Waals surface area (Å²) in [5, 5.41) is 12.7. The molecule has 0 unspecified atom stereocenters. The number of aryl methyl sites for hydroxylation is 1. The average Bonchev–Trinajstić information content (AvgIpc) is 3.16. The topological polar surface area (TPSA) is 58.5 Å². The van der Waals surface area contributed by atoms with Gasteiger partial charge in [-0.1, -0.05) is 6.07 Å². The van der Waals surface area contributed by atoms with Gasteiger partial charge < -0.3 is 9.88 Å². The van der Waals surface area contributed by atoms with Crippen molar-refractivity contribution in [2.75, 3.05) is 6.54 Å². The highest BCUT2D eigenvalue weighted by Crippen LogP contribution is 2.25. The summed E-state index contributed by atoms with van der Waals surface area (Å²) in [5.41, 5.74) is 2.32. The summed E-state index contributed by atoms with van der Waals surface area (Å²) >= 11 is 1.72. The molecule has 3 heterocycles. The van der Waals surface area contributed by atoms with Crippen LogP contribution < -0.4 is 5.32 Å². The van der Waals surface area contributed by atoms with Crippen LogP contribution in [0.3, 0.4) is 0 Å². The van der Waals surface area contributed by atoms with Gasteiger partial charge in [-0.25, -0.2) is 4.98 Å². The summed E-state index contributed by atoms with van der Waals surface area (Å²) in [5.74, 6) is 1.10. The van der Waals surface area contributed by atoms with Crippen LogP contribution in [-0.4, -0.2) is 26.3 Å². The molecule has 2 N–H and O–H groups in total. The van der Waals surface area contributed by atoms with E-state index in [0.717, 1.165) is 31.0 Å². The maximum atomic E-state index is 4.31. The molecule has 0 saturated heterocycles. The van der Waals surface area contributed by atoms with Gasteiger partial charge in [-0.3, -0.25) is 5.10 Å². The largest absolute Gasteiger partial charge is 0.338 e. The SMILES string of the molecule is Cn1ccnc1CCNCc1cn[nH]c1-c1cccs1. The van der Waals surface area contributed by atoms with Gasteiger partial charge in [0.25, 0.3) is 0 Å². The molecule has 3 aromatic rings. The highest BCUT2D eigenvalue weighted by atomic mass is 32.1. The molecule has 0 radical (unpaired) electrons. The molecule has 3 rings (SSSR count). The number of rotatable bonds is 6. The molecule has 0 spiro atoms. The minimum Gasteiger partial charge on any atom is -0.338 e. The first-order valence-corrected chi connectivity index (χ1v) is 7.45. The van der Waals surface area contributed by atoms with Gasteiger partial charge in [0.15, 0.2) is 0 Å². The zero-order valence-corrected chi connectivity index (χ0v) is 12.2. The van der Waals surface area contributed by atoms with Gasteiger partial charge in [0.05, 0.1) is 16.8 Å². The summed E-state index contributed by atoms with van der Waals surface area (Å²) in [6, 6.07) is 4.16. The van der Waals surface area contributed by atoms with Gasteiger partial charge in [-0.15, -0.1) is 11.3 Å². The van der Waals surface area contributed by atoms with Gasteiger partial charge in [-0.2, -0.15) is 5.10 Å². The Labute approximate surface area is 121 Å². The van der Waals surface area contributed by atoms with Gasteiger partial charge >= 0.3 is 0 Å². The number of H-pyrrole nitrogens is 1. The van der Waals surface area contributed by atoms with Crippen molar-refractivity contribution in [1.29, 1.82) is 0 Å². The third-order valence-corrected chi connectivity index (χ3v) is 4.13. The minimum atomic E-state index is 0.814. The fourth-order valence-electron chi connectivity index (χ4n) is 2.14. The molecule has 5 nitrogen and oxygen atoms in total. The van der Waals surface area contributed by atoms with Crippen molar-refractivity contribution >= 4 is 11.3 Å². The third kappa shape index (κ3) is 2.81. The number of hydrogen-bond donors (Lipinski definition) is 2. The van der Waals surface area contributed by atoms with E-state index < -0.39 is 0 Å². The van der Waals surface area contributed by atoms with Crippen molar-refractivity contribution in [1.82, 2.24) is 25.1 Å². The van der Waals surface area contributed by atoms with Gasteiger partial charge in [-0.05, 0) is 11.4 Å². The zero-order valence-electron chi connectivity index (χ0n) is 11.3. The van der Waals surface area contributed by atoms with Crippen LogP contribution in [0.15, 0.2) is 36.1 Å². The average molecular weight is 287 g/mol. The van der Waals surface area contributed by atoms with Crippen LogP contribution >= 0.6 is 11.3 Å². The summed E-state index contributed by atoms with van der Waals surface area (Å²) < 4.78 is 2.05. The van der Waals surface area contributed by atoms with Crippen molar-refractivity contribution in [2.24, 2.45) is 7.05 Å². The van der Waals surface area contributed by atoms with E-state index in [4.69, 9.17) is 0 Å². The molecular formula is C14H17N5S. The number of imidazole rings is 1. The summed E-state index contributed by atoms with van der Waals surface area (Å²) in [4.78, 5) is 5.54. The molecule has 3 aromatic heterocycles. The Balaban J connectivity index is 1.55. The minimum absolute atomic E-state index is 0.814. The van der Waals surface area contributed by atoms with Crippen molar-refractivity contribution < 1.29 is 0 Å². The number of hydrogen-bond acceptors (Lipinski definition) is 4. The van der Waals surface area contributed by atoms with Crippen LogP contribution in [0.1, 0.15) is 11.4 Å². The number of aromatic nitrogens is 4. The molecule has 0 aliphatic rings.